The molecule has 38 heavy (non-hydrogen) atoms. The lowest BCUT2D eigenvalue weighted by Gasteiger charge is -2.37. The predicted molar refractivity (Wildman–Crippen MR) is 136 cm³/mol. The van der Waals surface area contributed by atoms with Crippen molar-refractivity contribution in [3.05, 3.63) is 50.3 Å². The molecule has 10 heteroatoms. The van der Waals surface area contributed by atoms with Crippen molar-refractivity contribution in [1.82, 2.24) is 9.55 Å². The molecule has 0 spiro atoms. The van der Waals surface area contributed by atoms with Crippen molar-refractivity contribution in [3.63, 3.8) is 0 Å². The standard InChI is InChI=1S/C26H24N2O8.C2H6/c1-26(10-33-5-4-29)3-2-12-19-16(7-18-23(12)36-11-35-18)27-21-14(20(19)26)8-28-17(21)6-13-15(24(28)31)9-34-25(32)22(13)30;1-2/h6-7,22,29-30H,2-5,8-11H2,1H3;1-2H3. The maximum Gasteiger partial charge on any atom is 0.340 e. The molecule has 4 aliphatic rings. The van der Waals surface area contributed by atoms with E-state index in [1.807, 2.05) is 19.9 Å². The first-order valence-electron chi connectivity index (χ1n) is 13.0. The number of ether oxygens (including phenoxy) is 4. The Morgan fingerprint density at radius 2 is 1.97 bits per heavy atom. The summed E-state index contributed by atoms with van der Waals surface area (Å²) in [6.07, 6.45) is 0.0230. The van der Waals surface area contributed by atoms with Crippen molar-refractivity contribution < 1.29 is 34.0 Å². The van der Waals surface area contributed by atoms with E-state index in [0.717, 1.165) is 46.2 Å². The highest BCUT2D eigenvalue weighted by Crippen LogP contribution is 2.52. The maximum absolute atomic E-state index is 13.5. The van der Waals surface area contributed by atoms with Crippen LogP contribution in [0.5, 0.6) is 11.5 Å². The van der Waals surface area contributed by atoms with Crippen molar-refractivity contribution >= 4 is 16.9 Å². The number of hydrogen-bond donors (Lipinski definition) is 2. The Balaban J connectivity index is 0.00000129. The number of aliphatic hydroxyl groups excluding tert-OH is 2. The highest BCUT2D eigenvalue weighted by molar-refractivity contribution is 5.96. The third-order valence-corrected chi connectivity index (χ3v) is 7.87. The monoisotopic (exact) mass is 522 g/mol. The summed E-state index contributed by atoms with van der Waals surface area (Å²) in [5, 5.41) is 20.7. The smallest absolute Gasteiger partial charge is 0.340 e. The first kappa shape index (κ1) is 24.8. The average molecular weight is 523 g/mol. The Morgan fingerprint density at radius 1 is 1.16 bits per heavy atom. The van der Waals surface area contributed by atoms with Crippen LogP contribution in [0.1, 0.15) is 61.1 Å². The van der Waals surface area contributed by atoms with Gasteiger partial charge in [0.2, 0.25) is 6.79 Å². The van der Waals surface area contributed by atoms with E-state index in [-0.39, 0.29) is 43.3 Å². The highest BCUT2D eigenvalue weighted by Gasteiger charge is 2.42. The van der Waals surface area contributed by atoms with Gasteiger partial charge >= 0.3 is 5.97 Å². The van der Waals surface area contributed by atoms with Crippen LogP contribution in [0, 0.1) is 0 Å². The molecule has 0 saturated heterocycles. The fourth-order valence-corrected chi connectivity index (χ4v) is 6.18. The normalized spacial score (nSPS) is 21.8. The lowest BCUT2D eigenvalue weighted by Crippen LogP contribution is -2.34. The third-order valence-electron chi connectivity index (χ3n) is 7.87. The summed E-state index contributed by atoms with van der Waals surface area (Å²) in [5.74, 6) is 0.623. The van der Waals surface area contributed by atoms with E-state index in [1.165, 1.54) is 0 Å². The number of aliphatic hydroxyl groups is 2. The van der Waals surface area contributed by atoms with E-state index in [1.54, 1.807) is 10.6 Å². The van der Waals surface area contributed by atoms with E-state index in [4.69, 9.17) is 23.9 Å². The van der Waals surface area contributed by atoms with E-state index >= 15 is 0 Å². The summed E-state index contributed by atoms with van der Waals surface area (Å²) in [5.41, 5.74) is 4.80. The van der Waals surface area contributed by atoms with Gasteiger partial charge in [0.15, 0.2) is 17.6 Å². The van der Waals surface area contributed by atoms with Gasteiger partial charge in [0, 0.05) is 33.6 Å². The average Bonchev–Trinajstić information content (AvgIpc) is 3.54. The Bertz CT molecular complexity index is 1540. The summed E-state index contributed by atoms with van der Waals surface area (Å²) >= 11 is 0. The van der Waals surface area contributed by atoms with Crippen LogP contribution in [0.15, 0.2) is 16.9 Å². The molecular formula is C28H30N2O8. The molecule has 2 unspecified atom stereocenters. The quantitative estimate of drug-likeness (QED) is 0.307. The van der Waals surface area contributed by atoms with Crippen molar-refractivity contribution in [3.8, 4) is 22.9 Å². The molecule has 0 fully saturated rings. The molecule has 0 radical (unpaired) electrons. The Labute approximate surface area is 218 Å². The molecule has 0 bridgehead atoms. The largest absolute Gasteiger partial charge is 0.458 e. The molecule has 2 atom stereocenters. The SMILES string of the molecule is CC.CC1(COCCO)CCc2c3c(cc4nc5c(c1c24)Cn1c-5cc2c(c1=O)COC(=O)C2O)OCO3. The third kappa shape index (κ3) is 3.40. The zero-order valence-corrected chi connectivity index (χ0v) is 21.6. The molecule has 5 heterocycles. The minimum atomic E-state index is -1.51. The number of pyridine rings is 2. The lowest BCUT2D eigenvalue weighted by molar-refractivity contribution is -0.157. The van der Waals surface area contributed by atoms with Crippen LogP contribution in [0.4, 0.5) is 0 Å². The number of fused-ring (bicyclic) bond motifs is 7. The number of aryl methyl sites for hydroxylation is 1. The summed E-state index contributed by atoms with van der Waals surface area (Å²) in [6.45, 7) is 7.01. The van der Waals surface area contributed by atoms with Gasteiger partial charge in [0.1, 0.15) is 6.61 Å². The van der Waals surface area contributed by atoms with Gasteiger partial charge in [-0.3, -0.25) is 4.79 Å². The zero-order valence-electron chi connectivity index (χ0n) is 21.6. The van der Waals surface area contributed by atoms with E-state index in [0.29, 0.717) is 30.3 Å². The summed E-state index contributed by atoms with van der Waals surface area (Å²) in [7, 11) is 0. The van der Waals surface area contributed by atoms with Crippen LogP contribution in [-0.2, 0) is 39.3 Å². The van der Waals surface area contributed by atoms with Gasteiger partial charge in [-0.2, -0.15) is 0 Å². The Hall–Kier alpha value is -3.47. The highest BCUT2D eigenvalue weighted by atomic mass is 16.7. The molecule has 7 rings (SSSR count). The first-order valence-corrected chi connectivity index (χ1v) is 13.0. The molecule has 2 N–H and O–H groups in total. The number of carbonyl (C=O) groups excluding carboxylic acids is 1. The summed E-state index contributed by atoms with van der Waals surface area (Å²) in [4.78, 5) is 30.5. The van der Waals surface area contributed by atoms with Crippen LogP contribution in [0.2, 0.25) is 0 Å². The van der Waals surface area contributed by atoms with Gasteiger partial charge in [-0.15, -0.1) is 0 Å². The number of esters is 1. The van der Waals surface area contributed by atoms with Gasteiger partial charge in [0.25, 0.3) is 5.56 Å². The van der Waals surface area contributed by atoms with Crippen molar-refractivity contribution in [2.45, 2.75) is 58.3 Å². The van der Waals surface area contributed by atoms with Crippen LogP contribution in [-0.4, -0.2) is 52.3 Å². The second-order valence-corrected chi connectivity index (χ2v) is 10.00. The van der Waals surface area contributed by atoms with Crippen molar-refractivity contribution in [2.24, 2.45) is 0 Å². The first-order chi connectivity index (χ1) is 18.4. The van der Waals surface area contributed by atoms with Gasteiger partial charge in [-0.25, -0.2) is 9.78 Å². The number of hydrogen-bond acceptors (Lipinski definition) is 9. The minimum Gasteiger partial charge on any atom is -0.458 e. The van der Waals surface area contributed by atoms with Gasteiger partial charge in [0.05, 0.1) is 48.8 Å². The molecular weight excluding hydrogens is 492 g/mol. The van der Waals surface area contributed by atoms with Crippen LogP contribution < -0.4 is 15.0 Å². The number of aromatic nitrogens is 2. The van der Waals surface area contributed by atoms with Crippen molar-refractivity contribution in [1.29, 1.82) is 0 Å². The lowest BCUT2D eigenvalue weighted by atomic mass is 9.69. The Morgan fingerprint density at radius 3 is 2.76 bits per heavy atom. The number of benzene rings is 1. The molecule has 3 aliphatic heterocycles. The van der Waals surface area contributed by atoms with Gasteiger partial charge in [-0.05, 0) is 24.5 Å². The molecule has 0 saturated carbocycles. The summed E-state index contributed by atoms with van der Waals surface area (Å²) < 4.78 is 24.0. The van der Waals surface area contributed by atoms with Gasteiger partial charge < -0.3 is 33.7 Å². The Kier molecular flexibility index (Phi) is 5.93. The van der Waals surface area contributed by atoms with Crippen LogP contribution in [0.3, 0.4) is 0 Å². The second kappa shape index (κ2) is 9.07. The fraction of sp³-hybridized carbons (Fsp3) is 0.464. The number of carbonyl (C=O) groups is 1. The topological polar surface area (TPSA) is 129 Å². The molecule has 2 aromatic heterocycles. The minimum absolute atomic E-state index is 0.0648. The van der Waals surface area contributed by atoms with E-state index in [2.05, 4.69) is 6.92 Å². The molecule has 0 amide bonds. The molecule has 10 nitrogen and oxygen atoms in total. The number of cyclic esters (lactones) is 1. The van der Waals surface area contributed by atoms with E-state index < -0.39 is 17.5 Å². The number of rotatable bonds is 4. The fourth-order valence-electron chi connectivity index (χ4n) is 6.18. The van der Waals surface area contributed by atoms with E-state index in [9.17, 15) is 19.8 Å². The molecule has 1 aliphatic carbocycles. The molecule has 3 aromatic rings. The van der Waals surface area contributed by atoms with Gasteiger partial charge in [-0.1, -0.05) is 20.8 Å². The van der Waals surface area contributed by atoms with Crippen molar-refractivity contribution in [2.75, 3.05) is 26.6 Å². The molecule has 1 aromatic carbocycles. The zero-order chi connectivity index (χ0) is 26.8. The van der Waals surface area contributed by atoms with Crippen LogP contribution in [0.25, 0.3) is 22.3 Å². The second-order valence-electron chi connectivity index (χ2n) is 10.00. The number of nitrogens with zero attached hydrogens (tertiary/aromatic N) is 2. The maximum atomic E-state index is 13.5. The molecule has 200 valence electrons. The summed E-state index contributed by atoms with van der Waals surface area (Å²) in [6, 6.07) is 3.56. The van der Waals surface area contributed by atoms with Crippen LogP contribution >= 0.6 is 0 Å². The predicted octanol–water partition coefficient (Wildman–Crippen LogP) is 2.48.